The second-order valence-electron chi connectivity index (χ2n) is 3.34. The largest absolute Gasteiger partial charge is 0.459 e. The van der Waals surface area contributed by atoms with Gasteiger partial charge in [0, 0.05) is 5.82 Å². The summed E-state index contributed by atoms with van der Waals surface area (Å²) in [6, 6.07) is 8.01. The van der Waals surface area contributed by atoms with E-state index < -0.39 is 7.12 Å². The standard InChI is InChI=1S/C10H11BO2/c12-11(13)10-6-5-8-3-1-2-4-9(8)7-10/h1-6,10,12-13H,7H2. The fraction of sp³-hybridized carbons (Fsp3) is 0.200. The second kappa shape index (κ2) is 3.36. The van der Waals surface area contributed by atoms with Gasteiger partial charge in [-0.2, -0.15) is 0 Å². The van der Waals surface area contributed by atoms with E-state index >= 15 is 0 Å². The molecule has 1 aromatic carbocycles. The molecule has 3 heteroatoms. The lowest BCUT2D eigenvalue weighted by molar-refractivity contribution is 0.393. The van der Waals surface area contributed by atoms with E-state index in [0.717, 1.165) is 0 Å². The molecular weight excluding hydrogens is 163 g/mol. The van der Waals surface area contributed by atoms with Gasteiger partial charge < -0.3 is 10.0 Å². The highest BCUT2D eigenvalue weighted by molar-refractivity contribution is 6.44. The zero-order chi connectivity index (χ0) is 9.26. The van der Waals surface area contributed by atoms with E-state index in [9.17, 15) is 0 Å². The van der Waals surface area contributed by atoms with Gasteiger partial charge in [-0.25, -0.2) is 0 Å². The quantitative estimate of drug-likeness (QED) is 0.625. The zero-order valence-electron chi connectivity index (χ0n) is 7.22. The molecule has 0 radical (unpaired) electrons. The molecule has 0 bridgehead atoms. The minimum Gasteiger partial charge on any atom is -0.427 e. The average molecular weight is 174 g/mol. The molecule has 1 aliphatic carbocycles. The lowest BCUT2D eigenvalue weighted by Gasteiger charge is -2.17. The van der Waals surface area contributed by atoms with Crippen LogP contribution < -0.4 is 0 Å². The smallest absolute Gasteiger partial charge is 0.427 e. The molecule has 0 saturated heterocycles. The van der Waals surface area contributed by atoms with Crippen molar-refractivity contribution in [1.29, 1.82) is 0 Å². The maximum atomic E-state index is 9.01. The molecule has 0 aliphatic heterocycles. The Labute approximate surface area is 77.7 Å². The molecule has 2 N–H and O–H groups in total. The summed E-state index contributed by atoms with van der Waals surface area (Å²) in [6.45, 7) is 0. The molecule has 1 aromatic rings. The van der Waals surface area contributed by atoms with Crippen LogP contribution in [-0.2, 0) is 6.42 Å². The van der Waals surface area contributed by atoms with Crippen molar-refractivity contribution in [1.82, 2.24) is 0 Å². The lowest BCUT2D eigenvalue weighted by Crippen LogP contribution is -2.22. The van der Waals surface area contributed by atoms with Gasteiger partial charge in [-0.1, -0.05) is 36.4 Å². The van der Waals surface area contributed by atoms with E-state index in [2.05, 4.69) is 0 Å². The van der Waals surface area contributed by atoms with Crippen molar-refractivity contribution in [3.63, 3.8) is 0 Å². The van der Waals surface area contributed by atoms with Gasteiger partial charge in [-0.3, -0.25) is 0 Å². The maximum absolute atomic E-state index is 9.01. The molecule has 0 amide bonds. The number of allylic oxidation sites excluding steroid dienone is 1. The first-order chi connectivity index (χ1) is 6.27. The Hall–Kier alpha value is -1.06. The van der Waals surface area contributed by atoms with Crippen LogP contribution in [0.3, 0.4) is 0 Å². The fourth-order valence-corrected chi connectivity index (χ4v) is 1.64. The van der Waals surface area contributed by atoms with Crippen molar-refractivity contribution in [2.24, 2.45) is 0 Å². The molecule has 13 heavy (non-hydrogen) atoms. The van der Waals surface area contributed by atoms with Crippen LogP contribution in [0.25, 0.3) is 6.08 Å². The summed E-state index contributed by atoms with van der Waals surface area (Å²) in [7, 11) is -1.25. The Morgan fingerprint density at radius 1 is 1.23 bits per heavy atom. The maximum Gasteiger partial charge on any atom is 0.459 e. The molecule has 0 aromatic heterocycles. The molecule has 0 fully saturated rings. The Balaban J connectivity index is 2.29. The first kappa shape index (κ1) is 8.54. The molecule has 0 heterocycles. The average Bonchev–Trinajstić information content (AvgIpc) is 2.17. The van der Waals surface area contributed by atoms with Gasteiger partial charge in [0.25, 0.3) is 0 Å². The molecule has 0 spiro atoms. The number of hydrogen-bond acceptors (Lipinski definition) is 2. The molecule has 2 nitrogen and oxygen atoms in total. The molecular formula is C10H11BO2. The summed E-state index contributed by atoms with van der Waals surface area (Å²) >= 11 is 0. The normalized spacial score (nSPS) is 19.7. The van der Waals surface area contributed by atoms with E-state index in [-0.39, 0.29) is 5.82 Å². The second-order valence-corrected chi connectivity index (χ2v) is 3.34. The monoisotopic (exact) mass is 174 g/mol. The van der Waals surface area contributed by atoms with E-state index in [0.29, 0.717) is 6.42 Å². The van der Waals surface area contributed by atoms with Gasteiger partial charge in [0.1, 0.15) is 0 Å². The van der Waals surface area contributed by atoms with E-state index in [1.807, 2.05) is 36.4 Å². The zero-order valence-corrected chi connectivity index (χ0v) is 7.22. The van der Waals surface area contributed by atoms with Crippen LogP contribution in [0.1, 0.15) is 11.1 Å². The predicted octanol–water partition coefficient (Wildman–Crippen LogP) is 1.10. The third-order valence-corrected chi connectivity index (χ3v) is 2.42. The Morgan fingerprint density at radius 3 is 2.77 bits per heavy atom. The van der Waals surface area contributed by atoms with E-state index in [4.69, 9.17) is 10.0 Å². The van der Waals surface area contributed by atoms with Gasteiger partial charge in [-0.15, -0.1) is 0 Å². The van der Waals surface area contributed by atoms with Crippen LogP contribution in [0.2, 0.25) is 5.82 Å². The van der Waals surface area contributed by atoms with Crippen molar-refractivity contribution in [3.8, 4) is 0 Å². The van der Waals surface area contributed by atoms with Crippen LogP contribution in [0.4, 0.5) is 0 Å². The van der Waals surface area contributed by atoms with Crippen molar-refractivity contribution in [2.45, 2.75) is 12.2 Å². The van der Waals surface area contributed by atoms with Gasteiger partial charge in [0.05, 0.1) is 0 Å². The van der Waals surface area contributed by atoms with Crippen molar-refractivity contribution in [3.05, 3.63) is 41.5 Å². The van der Waals surface area contributed by atoms with Crippen LogP contribution in [0.15, 0.2) is 30.3 Å². The van der Waals surface area contributed by atoms with Crippen LogP contribution in [0, 0.1) is 0 Å². The molecule has 2 rings (SSSR count). The summed E-state index contributed by atoms with van der Waals surface area (Å²) in [4.78, 5) is 0. The van der Waals surface area contributed by atoms with Crippen molar-refractivity contribution >= 4 is 13.2 Å². The lowest BCUT2D eigenvalue weighted by atomic mass is 9.67. The number of rotatable bonds is 1. The van der Waals surface area contributed by atoms with Gasteiger partial charge in [0.15, 0.2) is 0 Å². The highest BCUT2D eigenvalue weighted by atomic mass is 16.4. The van der Waals surface area contributed by atoms with Gasteiger partial charge in [-0.05, 0) is 17.5 Å². The molecule has 0 saturated carbocycles. The van der Waals surface area contributed by atoms with Crippen molar-refractivity contribution < 1.29 is 10.0 Å². The Kier molecular flexibility index (Phi) is 2.21. The van der Waals surface area contributed by atoms with E-state index in [1.54, 1.807) is 0 Å². The molecule has 1 atom stereocenters. The summed E-state index contributed by atoms with van der Waals surface area (Å²) in [5, 5.41) is 18.0. The predicted molar refractivity (Wildman–Crippen MR) is 53.1 cm³/mol. The number of benzene rings is 1. The molecule has 66 valence electrons. The fourth-order valence-electron chi connectivity index (χ4n) is 1.64. The third kappa shape index (κ3) is 1.66. The Bertz CT molecular complexity index is 333. The first-order valence-corrected chi connectivity index (χ1v) is 4.39. The summed E-state index contributed by atoms with van der Waals surface area (Å²) in [6.07, 6.45) is 4.51. The highest BCUT2D eigenvalue weighted by Crippen LogP contribution is 2.26. The van der Waals surface area contributed by atoms with Gasteiger partial charge in [0.2, 0.25) is 0 Å². The third-order valence-electron chi connectivity index (χ3n) is 2.42. The topological polar surface area (TPSA) is 40.5 Å². The summed E-state index contributed by atoms with van der Waals surface area (Å²) in [5.74, 6) is -0.158. The van der Waals surface area contributed by atoms with Gasteiger partial charge >= 0.3 is 7.12 Å². The summed E-state index contributed by atoms with van der Waals surface area (Å²) < 4.78 is 0. The molecule has 1 unspecified atom stereocenters. The van der Waals surface area contributed by atoms with Crippen molar-refractivity contribution in [2.75, 3.05) is 0 Å². The van der Waals surface area contributed by atoms with Crippen LogP contribution in [-0.4, -0.2) is 17.2 Å². The molecule has 1 aliphatic rings. The van der Waals surface area contributed by atoms with E-state index in [1.165, 1.54) is 11.1 Å². The highest BCUT2D eigenvalue weighted by Gasteiger charge is 2.23. The summed E-state index contributed by atoms with van der Waals surface area (Å²) in [5.41, 5.74) is 2.36. The number of fused-ring (bicyclic) bond motifs is 1. The van der Waals surface area contributed by atoms with Crippen LogP contribution in [0.5, 0.6) is 0 Å². The minimum atomic E-state index is -1.25. The minimum absolute atomic E-state index is 0.158. The van der Waals surface area contributed by atoms with Crippen LogP contribution >= 0.6 is 0 Å². The SMILES string of the molecule is OB(O)C1C=Cc2ccccc2C1. The first-order valence-electron chi connectivity index (χ1n) is 4.39. The number of hydrogen-bond donors (Lipinski definition) is 2. The Morgan fingerprint density at radius 2 is 2.00 bits per heavy atom.